The van der Waals surface area contributed by atoms with Gasteiger partial charge in [0.05, 0.1) is 31.9 Å². The molecule has 0 saturated carbocycles. The number of amides is 1. The van der Waals surface area contributed by atoms with Crippen LogP contribution in [0.15, 0.2) is 76.9 Å². The number of oxime groups is 1. The lowest BCUT2D eigenvalue weighted by atomic mass is 10.0. The van der Waals surface area contributed by atoms with Crippen molar-refractivity contribution in [1.82, 2.24) is 10.3 Å². The Morgan fingerprint density at radius 2 is 1.87 bits per heavy atom. The highest BCUT2D eigenvalue weighted by atomic mass is 35.5. The summed E-state index contributed by atoms with van der Waals surface area (Å²) in [6.45, 7) is 0.280. The van der Waals surface area contributed by atoms with Crippen LogP contribution in [0.25, 0.3) is 10.9 Å². The van der Waals surface area contributed by atoms with Gasteiger partial charge in [0.15, 0.2) is 0 Å². The van der Waals surface area contributed by atoms with E-state index in [4.69, 9.17) is 16.4 Å². The molecule has 1 aliphatic heterocycles. The van der Waals surface area contributed by atoms with E-state index in [-0.39, 0.29) is 24.1 Å². The van der Waals surface area contributed by atoms with Crippen molar-refractivity contribution in [3.63, 3.8) is 0 Å². The Hall–Kier alpha value is -3.68. The molecule has 14 heteroatoms. The van der Waals surface area contributed by atoms with E-state index < -0.39 is 20.2 Å². The summed E-state index contributed by atoms with van der Waals surface area (Å²) in [6.07, 6.45) is 1.56. The van der Waals surface area contributed by atoms with Crippen LogP contribution in [0.3, 0.4) is 0 Å². The number of anilines is 2. The van der Waals surface area contributed by atoms with E-state index in [0.717, 1.165) is 17.7 Å². The third-order valence-corrected chi connectivity index (χ3v) is 8.56. The number of hydrogen-bond acceptors (Lipinski definition) is 8. The van der Waals surface area contributed by atoms with Gasteiger partial charge in [-0.05, 0) is 54.1 Å². The standard InChI is InChI=1S/C25H18ClF3N4O4S2/c26-23-8-7-22(38-23)24(34)31-13-16-11-20(33-37-16)14-1-3-15(4-2-14)32-19-9-10-30-21-12-17(5-6-18(19)21)39(35,36)25(27,28)29/h1-10,12,16H,11,13H2,(H,30,32)(H,31,34). The number of benzene rings is 2. The first-order chi connectivity index (χ1) is 18.5. The number of alkyl halides is 3. The number of fused-ring (bicyclic) bond motifs is 1. The summed E-state index contributed by atoms with van der Waals surface area (Å²) in [5.41, 5.74) is -2.56. The van der Waals surface area contributed by atoms with Crippen molar-refractivity contribution in [3.8, 4) is 0 Å². The monoisotopic (exact) mass is 594 g/mol. The molecule has 39 heavy (non-hydrogen) atoms. The van der Waals surface area contributed by atoms with Crippen molar-refractivity contribution in [2.45, 2.75) is 22.9 Å². The molecule has 4 aromatic rings. The maximum absolute atomic E-state index is 12.9. The van der Waals surface area contributed by atoms with Crippen LogP contribution in [0, 0.1) is 0 Å². The highest BCUT2D eigenvalue weighted by molar-refractivity contribution is 7.92. The minimum atomic E-state index is -5.48. The summed E-state index contributed by atoms with van der Waals surface area (Å²) in [7, 11) is -5.48. The lowest BCUT2D eigenvalue weighted by Gasteiger charge is -2.12. The van der Waals surface area contributed by atoms with E-state index >= 15 is 0 Å². The summed E-state index contributed by atoms with van der Waals surface area (Å²) in [6, 6.07) is 15.3. The number of hydrogen-bond donors (Lipinski definition) is 2. The summed E-state index contributed by atoms with van der Waals surface area (Å²) in [5.74, 6) is -0.235. The number of halogens is 4. The van der Waals surface area contributed by atoms with Gasteiger partial charge in [0, 0.05) is 29.4 Å². The molecule has 1 aliphatic rings. The van der Waals surface area contributed by atoms with Crippen LogP contribution < -0.4 is 10.6 Å². The molecule has 1 unspecified atom stereocenters. The zero-order chi connectivity index (χ0) is 27.8. The Morgan fingerprint density at radius 3 is 2.56 bits per heavy atom. The second-order valence-corrected chi connectivity index (χ2v) is 12.1. The highest BCUT2D eigenvalue weighted by Crippen LogP contribution is 2.33. The summed E-state index contributed by atoms with van der Waals surface area (Å²) in [4.78, 5) is 21.3. The van der Waals surface area contributed by atoms with Gasteiger partial charge in [-0.2, -0.15) is 13.2 Å². The van der Waals surface area contributed by atoms with Gasteiger partial charge in [-0.1, -0.05) is 28.9 Å². The topological polar surface area (TPSA) is 110 Å². The molecule has 0 fully saturated rings. The Morgan fingerprint density at radius 1 is 1.10 bits per heavy atom. The van der Waals surface area contributed by atoms with E-state index in [0.29, 0.717) is 38.1 Å². The van der Waals surface area contributed by atoms with Crippen LogP contribution >= 0.6 is 22.9 Å². The molecule has 2 aromatic heterocycles. The number of nitrogens with one attached hydrogen (secondary N) is 2. The van der Waals surface area contributed by atoms with Gasteiger partial charge >= 0.3 is 5.51 Å². The van der Waals surface area contributed by atoms with Crippen LogP contribution in [-0.4, -0.2) is 43.2 Å². The molecule has 1 atom stereocenters. The summed E-state index contributed by atoms with van der Waals surface area (Å²) >= 11 is 7.06. The molecule has 0 spiro atoms. The Kier molecular flexibility index (Phi) is 7.23. The van der Waals surface area contributed by atoms with Gasteiger partial charge in [-0.25, -0.2) is 8.42 Å². The number of carbonyl (C=O) groups is 1. The predicted molar refractivity (Wildman–Crippen MR) is 142 cm³/mol. The highest BCUT2D eigenvalue weighted by Gasteiger charge is 2.47. The van der Waals surface area contributed by atoms with Gasteiger partial charge in [0.2, 0.25) is 0 Å². The Bertz CT molecular complexity index is 1690. The maximum atomic E-state index is 12.9. The number of pyridine rings is 1. The van der Waals surface area contributed by atoms with Gasteiger partial charge in [-0.3, -0.25) is 9.78 Å². The molecule has 8 nitrogen and oxygen atoms in total. The Balaban J connectivity index is 1.23. The zero-order valence-corrected chi connectivity index (χ0v) is 22.1. The van der Waals surface area contributed by atoms with E-state index in [2.05, 4.69) is 20.8 Å². The molecule has 0 saturated heterocycles. The van der Waals surface area contributed by atoms with Gasteiger partial charge in [0.1, 0.15) is 6.10 Å². The molecule has 2 N–H and O–H groups in total. The molecule has 5 rings (SSSR count). The zero-order valence-electron chi connectivity index (χ0n) is 19.7. The van der Waals surface area contributed by atoms with Gasteiger partial charge < -0.3 is 15.5 Å². The van der Waals surface area contributed by atoms with Crippen LogP contribution in [0.2, 0.25) is 4.34 Å². The van der Waals surface area contributed by atoms with Gasteiger partial charge in [-0.15, -0.1) is 11.3 Å². The molecular weight excluding hydrogens is 577 g/mol. The number of nitrogens with zero attached hydrogens (tertiary/aromatic N) is 2. The molecule has 1 amide bonds. The second kappa shape index (κ2) is 10.5. The van der Waals surface area contributed by atoms with Crippen LogP contribution in [0.1, 0.15) is 21.7 Å². The Labute approximate surface area is 229 Å². The van der Waals surface area contributed by atoms with Crippen molar-refractivity contribution < 1.29 is 31.2 Å². The quantitative estimate of drug-likeness (QED) is 0.275. The lowest BCUT2D eigenvalue weighted by molar-refractivity contribution is -0.0436. The molecule has 202 valence electrons. The van der Waals surface area contributed by atoms with Crippen molar-refractivity contribution in [2.75, 3.05) is 11.9 Å². The van der Waals surface area contributed by atoms with Crippen molar-refractivity contribution in [3.05, 3.63) is 81.6 Å². The molecular formula is C25H18ClF3N4O4S2. The fourth-order valence-corrected chi connectivity index (χ4v) is 5.62. The van der Waals surface area contributed by atoms with Crippen LogP contribution in [0.4, 0.5) is 24.5 Å². The number of aromatic nitrogens is 1. The molecule has 0 aliphatic carbocycles. The van der Waals surface area contributed by atoms with Crippen LogP contribution in [0.5, 0.6) is 0 Å². The van der Waals surface area contributed by atoms with Crippen molar-refractivity contribution in [1.29, 1.82) is 0 Å². The van der Waals surface area contributed by atoms with E-state index in [1.165, 1.54) is 23.6 Å². The SMILES string of the molecule is O=C(NCC1CC(c2ccc(Nc3ccnc4cc(S(=O)(=O)C(F)(F)F)ccc34)cc2)=NO1)c1ccc(Cl)s1. The predicted octanol–water partition coefficient (Wildman–Crippen LogP) is 5.91. The molecule has 0 radical (unpaired) electrons. The average molecular weight is 595 g/mol. The molecule has 3 heterocycles. The minimum Gasteiger partial charge on any atom is -0.390 e. The first-order valence-electron chi connectivity index (χ1n) is 11.3. The average Bonchev–Trinajstić information content (AvgIpc) is 3.56. The third kappa shape index (κ3) is 5.70. The molecule has 0 bridgehead atoms. The number of rotatable bonds is 7. The smallest absolute Gasteiger partial charge is 0.390 e. The van der Waals surface area contributed by atoms with E-state index in [1.54, 1.807) is 30.3 Å². The van der Waals surface area contributed by atoms with Gasteiger partial charge in [0.25, 0.3) is 15.7 Å². The van der Waals surface area contributed by atoms with E-state index in [1.807, 2.05) is 12.1 Å². The fraction of sp³-hybridized carbons (Fsp3) is 0.160. The normalized spacial score (nSPS) is 15.6. The number of carbonyl (C=O) groups excluding carboxylic acids is 1. The molecule has 2 aromatic carbocycles. The number of thiophene rings is 1. The largest absolute Gasteiger partial charge is 0.501 e. The number of sulfone groups is 1. The van der Waals surface area contributed by atoms with Crippen molar-refractivity contribution >= 4 is 66.7 Å². The van der Waals surface area contributed by atoms with E-state index in [9.17, 15) is 26.4 Å². The summed E-state index contributed by atoms with van der Waals surface area (Å²) < 4.78 is 62.8. The fourth-order valence-electron chi connectivity index (χ4n) is 3.88. The second-order valence-electron chi connectivity index (χ2n) is 8.47. The van der Waals surface area contributed by atoms with Crippen molar-refractivity contribution in [2.24, 2.45) is 5.16 Å². The minimum absolute atomic E-state index is 0.0970. The lowest BCUT2D eigenvalue weighted by Crippen LogP contribution is -2.31. The maximum Gasteiger partial charge on any atom is 0.501 e. The van der Waals surface area contributed by atoms with Crippen LogP contribution in [-0.2, 0) is 14.7 Å². The first-order valence-corrected chi connectivity index (χ1v) is 14.0. The summed E-state index contributed by atoms with van der Waals surface area (Å²) in [5, 5.41) is 10.6. The third-order valence-electron chi connectivity index (χ3n) is 5.85. The first kappa shape index (κ1) is 26.9.